The molecular formula is C15H28N4. The quantitative estimate of drug-likeness (QED) is 0.588. The van der Waals surface area contributed by atoms with Crippen molar-refractivity contribution in [2.45, 2.75) is 70.9 Å². The van der Waals surface area contributed by atoms with Crippen LogP contribution in [0.2, 0.25) is 0 Å². The van der Waals surface area contributed by atoms with Crippen LogP contribution in [0.15, 0.2) is 12.3 Å². The normalized spacial score (nSPS) is 18.3. The molecule has 4 nitrogen and oxygen atoms in total. The summed E-state index contributed by atoms with van der Waals surface area (Å²) in [6, 6.07) is 3.13. The van der Waals surface area contributed by atoms with E-state index in [4.69, 9.17) is 10.9 Å². The van der Waals surface area contributed by atoms with Gasteiger partial charge in [-0.1, -0.05) is 26.7 Å². The highest BCUT2D eigenvalue weighted by Crippen LogP contribution is 2.28. The van der Waals surface area contributed by atoms with Crippen molar-refractivity contribution in [1.82, 2.24) is 15.2 Å². The lowest BCUT2D eigenvalue weighted by molar-refractivity contribution is 0.423. The molecule has 0 radical (unpaired) electrons. The maximum Gasteiger partial charge on any atom is 0.0640 e. The number of rotatable bonds is 7. The van der Waals surface area contributed by atoms with Crippen molar-refractivity contribution in [3.05, 3.63) is 18.0 Å². The van der Waals surface area contributed by atoms with Crippen LogP contribution in [0.3, 0.4) is 0 Å². The van der Waals surface area contributed by atoms with Gasteiger partial charge in [-0.05, 0) is 37.7 Å². The third kappa shape index (κ3) is 4.32. The predicted octanol–water partition coefficient (Wildman–Crippen LogP) is 2.81. The number of nitrogens with zero attached hydrogens (tertiary/aromatic N) is 2. The molecule has 108 valence electrons. The summed E-state index contributed by atoms with van der Waals surface area (Å²) in [5.74, 6) is 6.38. The van der Waals surface area contributed by atoms with Crippen LogP contribution in [-0.4, -0.2) is 15.8 Å². The molecule has 1 aliphatic rings. The van der Waals surface area contributed by atoms with Gasteiger partial charge < -0.3 is 0 Å². The zero-order valence-electron chi connectivity index (χ0n) is 12.3. The lowest BCUT2D eigenvalue weighted by atomic mass is 10.0. The molecule has 1 aliphatic carbocycles. The van der Waals surface area contributed by atoms with Crippen molar-refractivity contribution in [2.24, 2.45) is 11.8 Å². The number of hydrogen-bond acceptors (Lipinski definition) is 3. The van der Waals surface area contributed by atoms with E-state index in [0.717, 1.165) is 18.8 Å². The third-order valence-electron chi connectivity index (χ3n) is 4.15. The Bertz CT molecular complexity index is 366. The second-order valence-electron chi connectivity index (χ2n) is 6.26. The van der Waals surface area contributed by atoms with Crippen molar-refractivity contribution < 1.29 is 0 Å². The molecule has 1 heterocycles. The summed E-state index contributed by atoms with van der Waals surface area (Å²) in [7, 11) is 0. The van der Waals surface area contributed by atoms with Gasteiger partial charge in [0.15, 0.2) is 0 Å². The van der Waals surface area contributed by atoms with Crippen LogP contribution in [0.1, 0.15) is 64.1 Å². The van der Waals surface area contributed by atoms with Crippen molar-refractivity contribution in [1.29, 1.82) is 0 Å². The van der Waals surface area contributed by atoms with Crippen LogP contribution in [0.25, 0.3) is 0 Å². The van der Waals surface area contributed by atoms with Crippen LogP contribution in [-0.2, 0) is 6.42 Å². The van der Waals surface area contributed by atoms with E-state index in [1.54, 1.807) is 0 Å². The molecule has 3 N–H and O–H groups in total. The highest BCUT2D eigenvalue weighted by atomic mass is 15.3. The van der Waals surface area contributed by atoms with Crippen molar-refractivity contribution in [2.75, 3.05) is 0 Å². The van der Waals surface area contributed by atoms with Gasteiger partial charge in [-0.2, -0.15) is 5.10 Å². The lowest BCUT2D eigenvalue weighted by Gasteiger charge is -2.16. The predicted molar refractivity (Wildman–Crippen MR) is 78.6 cm³/mol. The number of hydrogen-bond donors (Lipinski definition) is 2. The Hall–Kier alpha value is -0.870. The minimum atomic E-state index is 0.342. The molecule has 0 aliphatic heterocycles. The topological polar surface area (TPSA) is 55.9 Å². The first-order chi connectivity index (χ1) is 9.19. The van der Waals surface area contributed by atoms with E-state index in [0.29, 0.717) is 12.1 Å². The molecule has 0 saturated heterocycles. The van der Waals surface area contributed by atoms with Crippen LogP contribution in [0.5, 0.6) is 0 Å². The van der Waals surface area contributed by atoms with Gasteiger partial charge in [0.25, 0.3) is 0 Å². The fraction of sp³-hybridized carbons (Fsp3) is 0.800. The standard InChI is InChI=1S/C15H28N4/c1-12(2)7-8-13(17-16)11-14-9-10-19(18-14)15-5-3-4-6-15/h9-10,12-13,15,17H,3-8,11,16H2,1-2H3. The number of hydrazine groups is 1. The molecule has 1 saturated carbocycles. The molecule has 0 spiro atoms. The highest BCUT2D eigenvalue weighted by molar-refractivity contribution is 5.02. The van der Waals surface area contributed by atoms with Gasteiger partial charge in [0.05, 0.1) is 11.7 Å². The maximum atomic E-state index is 5.65. The van der Waals surface area contributed by atoms with Crippen LogP contribution < -0.4 is 11.3 Å². The molecule has 1 aromatic rings. The Morgan fingerprint density at radius 1 is 1.37 bits per heavy atom. The molecule has 19 heavy (non-hydrogen) atoms. The van der Waals surface area contributed by atoms with Gasteiger partial charge in [0.1, 0.15) is 0 Å². The van der Waals surface area contributed by atoms with Gasteiger partial charge in [-0.3, -0.25) is 16.0 Å². The number of aromatic nitrogens is 2. The van der Waals surface area contributed by atoms with Crippen molar-refractivity contribution >= 4 is 0 Å². The van der Waals surface area contributed by atoms with Gasteiger partial charge in [0, 0.05) is 18.7 Å². The average molecular weight is 264 g/mol. The second kappa shape index (κ2) is 7.06. The summed E-state index contributed by atoms with van der Waals surface area (Å²) in [4.78, 5) is 0. The molecule has 1 atom stereocenters. The Morgan fingerprint density at radius 2 is 2.11 bits per heavy atom. The van der Waals surface area contributed by atoms with Gasteiger partial charge in [0.2, 0.25) is 0 Å². The van der Waals surface area contributed by atoms with E-state index >= 15 is 0 Å². The van der Waals surface area contributed by atoms with Crippen LogP contribution in [0.4, 0.5) is 0 Å². The largest absolute Gasteiger partial charge is 0.271 e. The smallest absolute Gasteiger partial charge is 0.0640 e. The highest BCUT2D eigenvalue weighted by Gasteiger charge is 2.18. The van der Waals surface area contributed by atoms with Gasteiger partial charge >= 0.3 is 0 Å². The minimum Gasteiger partial charge on any atom is -0.271 e. The summed E-state index contributed by atoms with van der Waals surface area (Å²) >= 11 is 0. The lowest BCUT2D eigenvalue weighted by Crippen LogP contribution is -2.37. The molecule has 0 bridgehead atoms. The number of nitrogens with one attached hydrogen (secondary N) is 1. The maximum absolute atomic E-state index is 5.65. The molecule has 1 aromatic heterocycles. The first-order valence-corrected chi connectivity index (χ1v) is 7.69. The SMILES string of the molecule is CC(C)CCC(Cc1ccn(C2CCCC2)n1)NN. The summed E-state index contributed by atoms with van der Waals surface area (Å²) in [6.07, 6.45) is 10.7. The molecule has 4 heteroatoms. The van der Waals surface area contributed by atoms with E-state index in [-0.39, 0.29) is 0 Å². The van der Waals surface area contributed by atoms with Gasteiger partial charge in [-0.25, -0.2) is 0 Å². The van der Waals surface area contributed by atoms with E-state index in [9.17, 15) is 0 Å². The van der Waals surface area contributed by atoms with E-state index < -0.39 is 0 Å². The molecule has 2 rings (SSSR count). The monoisotopic (exact) mass is 264 g/mol. The first kappa shape index (κ1) is 14.5. The van der Waals surface area contributed by atoms with E-state index in [1.807, 2.05) is 0 Å². The van der Waals surface area contributed by atoms with Crippen LogP contribution >= 0.6 is 0 Å². The summed E-state index contributed by atoms with van der Waals surface area (Å²) in [5, 5.41) is 4.73. The zero-order chi connectivity index (χ0) is 13.7. The molecule has 1 unspecified atom stereocenters. The fourth-order valence-corrected chi connectivity index (χ4v) is 2.89. The summed E-state index contributed by atoms with van der Waals surface area (Å²) < 4.78 is 2.17. The third-order valence-corrected chi connectivity index (χ3v) is 4.15. The molecule has 0 aromatic carbocycles. The minimum absolute atomic E-state index is 0.342. The van der Waals surface area contributed by atoms with Gasteiger partial charge in [-0.15, -0.1) is 0 Å². The Kier molecular flexibility index (Phi) is 5.40. The first-order valence-electron chi connectivity index (χ1n) is 7.69. The second-order valence-corrected chi connectivity index (χ2v) is 6.26. The molecular weight excluding hydrogens is 236 g/mol. The Labute approximate surface area is 116 Å². The molecule has 0 amide bonds. The van der Waals surface area contributed by atoms with Crippen LogP contribution in [0, 0.1) is 5.92 Å². The Balaban J connectivity index is 1.86. The Morgan fingerprint density at radius 3 is 2.74 bits per heavy atom. The summed E-state index contributed by atoms with van der Waals surface area (Å²) in [5.41, 5.74) is 4.10. The average Bonchev–Trinajstić information content (AvgIpc) is 3.04. The van der Waals surface area contributed by atoms with E-state index in [2.05, 4.69) is 36.2 Å². The zero-order valence-corrected chi connectivity index (χ0v) is 12.3. The molecule has 1 fully saturated rings. The van der Waals surface area contributed by atoms with Crippen molar-refractivity contribution in [3.8, 4) is 0 Å². The van der Waals surface area contributed by atoms with Crippen molar-refractivity contribution in [3.63, 3.8) is 0 Å². The summed E-state index contributed by atoms with van der Waals surface area (Å²) in [6.45, 7) is 4.50. The van der Waals surface area contributed by atoms with E-state index in [1.165, 1.54) is 37.8 Å². The fourth-order valence-electron chi connectivity index (χ4n) is 2.89. The number of nitrogens with two attached hydrogens (primary N) is 1.